The molecule has 2 fully saturated rings. The van der Waals surface area contributed by atoms with E-state index < -0.39 is 0 Å². The van der Waals surface area contributed by atoms with Gasteiger partial charge in [0.2, 0.25) is 0 Å². The lowest BCUT2D eigenvalue weighted by Gasteiger charge is -2.41. The fraction of sp³-hybridized carbons (Fsp3) is 0.857. The van der Waals surface area contributed by atoms with Gasteiger partial charge in [0.1, 0.15) is 0 Å². The third-order valence-corrected chi connectivity index (χ3v) is 4.64. The minimum absolute atomic E-state index is 0.651. The van der Waals surface area contributed by atoms with E-state index in [1.54, 1.807) is 0 Å². The first kappa shape index (κ1) is 11.5. The number of nitrogens with two attached hydrogens (primary N) is 1. The van der Waals surface area contributed by atoms with Crippen LogP contribution in [-0.2, 0) is 0 Å². The molecule has 3 rings (SSSR count). The molecule has 1 atom stereocenters. The Bertz CT molecular complexity index is 303. The highest BCUT2D eigenvalue weighted by molar-refractivity contribution is 5.17. The first-order valence-electron chi connectivity index (χ1n) is 7.21. The normalized spacial score (nSPS) is 36.9. The molecule has 17 heavy (non-hydrogen) atoms. The van der Waals surface area contributed by atoms with E-state index in [9.17, 15) is 0 Å². The van der Waals surface area contributed by atoms with Gasteiger partial charge in [0.15, 0.2) is 0 Å². The lowest BCUT2D eigenvalue weighted by Crippen LogP contribution is -2.49. The molecule has 2 saturated carbocycles. The Morgan fingerprint density at radius 2 is 2.18 bits per heavy atom. The average molecular weight is 235 g/mol. The average Bonchev–Trinajstić information content (AvgIpc) is 3.01. The maximum atomic E-state index is 5.56. The quantitative estimate of drug-likeness (QED) is 0.766. The fourth-order valence-electron chi connectivity index (χ4n) is 3.29. The van der Waals surface area contributed by atoms with Crippen LogP contribution in [0.15, 0.2) is 11.8 Å². The predicted octanol–water partition coefficient (Wildman–Crippen LogP) is 2.01. The van der Waals surface area contributed by atoms with Crippen molar-refractivity contribution >= 4 is 0 Å². The third kappa shape index (κ3) is 2.36. The van der Waals surface area contributed by atoms with Crippen LogP contribution < -0.4 is 11.2 Å². The molecule has 0 spiro atoms. The van der Waals surface area contributed by atoms with Crippen LogP contribution in [0.3, 0.4) is 0 Å². The molecule has 1 unspecified atom stereocenters. The van der Waals surface area contributed by atoms with E-state index in [-0.39, 0.29) is 0 Å². The summed E-state index contributed by atoms with van der Waals surface area (Å²) >= 11 is 0. The van der Waals surface area contributed by atoms with Gasteiger partial charge >= 0.3 is 0 Å². The number of hydrogen-bond acceptors (Lipinski definition) is 3. The van der Waals surface area contributed by atoms with Crippen molar-refractivity contribution in [2.75, 3.05) is 6.54 Å². The molecule has 3 N–H and O–H groups in total. The molecule has 0 aromatic heterocycles. The summed E-state index contributed by atoms with van der Waals surface area (Å²) in [6.45, 7) is 3.13. The first-order chi connectivity index (χ1) is 8.28. The van der Waals surface area contributed by atoms with Crippen LogP contribution in [0.25, 0.3) is 0 Å². The molecule has 0 saturated heterocycles. The largest absolute Gasteiger partial charge is 0.330 e. The van der Waals surface area contributed by atoms with E-state index >= 15 is 0 Å². The second-order valence-electron chi connectivity index (χ2n) is 6.15. The Morgan fingerprint density at radius 1 is 1.41 bits per heavy atom. The Balaban J connectivity index is 1.45. The van der Waals surface area contributed by atoms with Gasteiger partial charge in [-0.25, -0.2) is 5.43 Å². The number of hydrazine groups is 1. The SMILES string of the molecule is CC1=CN(C2CC(CCCN)C2)NC1C1CC1. The summed E-state index contributed by atoms with van der Waals surface area (Å²) < 4.78 is 0. The van der Waals surface area contributed by atoms with Crippen LogP contribution in [-0.4, -0.2) is 23.6 Å². The van der Waals surface area contributed by atoms with Crippen molar-refractivity contribution in [3.05, 3.63) is 11.8 Å². The van der Waals surface area contributed by atoms with E-state index in [2.05, 4.69) is 23.6 Å². The minimum atomic E-state index is 0.651. The molecule has 0 amide bonds. The Hall–Kier alpha value is -0.540. The van der Waals surface area contributed by atoms with Gasteiger partial charge < -0.3 is 10.7 Å². The molecule has 0 aromatic rings. The second-order valence-corrected chi connectivity index (χ2v) is 6.15. The lowest BCUT2D eigenvalue weighted by atomic mass is 9.77. The maximum absolute atomic E-state index is 5.56. The van der Waals surface area contributed by atoms with Crippen molar-refractivity contribution in [1.29, 1.82) is 0 Å². The monoisotopic (exact) mass is 235 g/mol. The number of nitrogens with one attached hydrogen (secondary N) is 1. The maximum Gasteiger partial charge on any atom is 0.0514 e. The molecule has 0 radical (unpaired) electrons. The molecule has 96 valence electrons. The molecular weight excluding hydrogens is 210 g/mol. The standard InChI is InChI=1S/C14H25N3/c1-10-9-17(16-14(10)12-4-5-12)13-7-11(8-13)3-2-6-15/h9,11-14,16H,2-8,15H2,1H3. The Labute approximate surface area is 104 Å². The van der Waals surface area contributed by atoms with Gasteiger partial charge in [0, 0.05) is 12.2 Å². The van der Waals surface area contributed by atoms with Crippen LogP contribution in [0.4, 0.5) is 0 Å². The highest BCUT2D eigenvalue weighted by atomic mass is 15.5. The van der Waals surface area contributed by atoms with E-state index in [4.69, 9.17) is 5.73 Å². The van der Waals surface area contributed by atoms with E-state index in [0.29, 0.717) is 6.04 Å². The van der Waals surface area contributed by atoms with Gasteiger partial charge in [-0.15, -0.1) is 0 Å². The molecular formula is C14H25N3. The topological polar surface area (TPSA) is 41.3 Å². The van der Waals surface area contributed by atoms with Crippen LogP contribution in [0.2, 0.25) is 0 Å². The number of hydrogen-bond donors (Lipinski definition) is 2. The number of rotatable bonds is 5. The van der Waals surface area contributed by atoms with Gasteiger partial charge in [-0.2, -0.15) is 0 Å². The van der Waals surface area contributed by atoms with E-state index in [1.165, 1.54) is 44.1 Å². The van der Waals surface area contributed by atoms with Crippen molar-refractivity contribution in [2.24, 2.45) is 17.6 Å². The molecule has 1 heterocycles. The predicted molar refractivity (Wildman–Crippen MR) is 70.0 cm³/mol. The summed E-state index contributed by atoms with van der Waals surface area (Å²) in [6, 6.07) is 1.40. The summed E-state index contributed by atoms with van der Waals surface area (Å²) in [4.78, 5) is 0. The summed E-state index contributed by atoms with van der Waals surface area (Å²) in [7, 11) is 0. The van der Waals surface area contributed by atoms with Gasteiger partial charge in [0.05, 0.1) is 6.04 Å². The summed E-state index contributed by atoms with van der Waals surface area (Å²) in [5.41, 5.74) is 10.8. The van der Waals surface area contributed by atoms with Crippen molar-refractivity contribution in [1.82, 2.24) is 10.4 Å². The van der Waals surface area contributed by atoms with Crippen molar-refractivity contribution in [3.8, 4) is 0 Å². The lowest BCUT2D eigenvalue weighted by molar-refractivity contribution is 0.0744. The minimum Gasteiger partial charge on any atom is -0.330 e. The van der Waals surface area contributed by atoms with Crippen LogP contribution in [0.5, 0.6) is 0 Å². The second kappa shape index (κ2) is 4.62. The summed E-state index contributed by atoms with van der Waals surface area (Å²) in [5.74, 6) is 1.85. The van der Waals surface area contributed by atoms with E-state index in [0.717, 1.165) is 24.4 Å². The fourth-order valence-corrected chi connectivity index (χ4v) is 3.29. The molecule has 3 aliphatic rings. The van der Waals surface area contributed by atoms with Gasteiger partial charge in [0.25, 0.3) is 0 Å². The Morgan fingerprint density at radius 3 is 2.82 bits per heavy atom. The highest BCUT2D eigenvalue weighted by Crippen LogP contribution is 2.41. The summed E-state index contributed by atoms with van der Waals surface area (Å²) in [6.07, 6.45) is 10.4. The Kier molecular flexibility index (Phi) is 3.14. The molecule has 1 aliphatic heterocycles. The van der Waals surface area contributed by atoms with E-state index in [1.807, 2.05) is 0 Å². The molecule has 3 heteroatoms. The molecule has 3 nitrogen and oxygen atoms in total. The zero-order chi connectivity index (χ0) is 11.8. The summed E-state index contributed by atoms with van der Waals surface area (Å²) in [5, 5.41) is 2.40. The van der Waals surface area contributed by atoms with Crippen LogP contribution in [0.1, 0.15) is 45.4 Å². The van der Waals surface area contributed by atoms with Crippen LogP contribution >= 0.6 is 0 Å². The van der Waals surface area contributed by atoms with Crippen molar-refractivity contribution in [2.45, 2.75) is 57.5 Å². The molecule has 0 bridgehead atoms. The van der Waals surface area contributed by atoms with Gasteiger partial charge in [-0.05, 0) is 69.4 Å². The highest BCUT2D eigenvalue weighted by Gasteiger charge is 2.40. The smallest absolute Gasteiger partial charge is 0.0514 e. The molecule has 2 aliphatic carbocycles. The van der Waals surface area contributed by atoms with Crippen molar-refractivity contribution in [3.63, 3.8) is 0 Å². The zero-order valence-corrected chi connectivity index (χ0v) is 10.9. The van der Waals surface area contributed by atoms with Crippen molar-refractivity contribution < 1.29 is 0 Å². The first-order valence-corrected chi connectivity index (χ1v) is 7.21. The third-order valence-electron chi connectivity index (χ3n) is 4.64. The van der Waals surface area contributed by atoms with Crippen LogP contribution in [0, 0.1) is 11.8 Å². The van der Waals surface area contributed by atoms with Gasteiger partial charge in [-0.1, -0.05) is 0 Å². The molecule has 0 aromatic carbocycles. The number of nitrogens with zero attached hydrogens (tertiary/aromatic N) is 1. The zero-order valence-electron chi connectivity index (χ0n) is 10.9. The van der Waals surface area contributed by atoms with Gasteiger partial charge in [-0.3, -0.25) is 0 Å².